The van der Waals surface area contributed by atoms with Gasteiger partial charge in [-0.2, -0.15) is 0 Å². The Bertz CT molecular complexity index is 301. The van der Waals surface area contributed by atoms with Crippen LogP contribution in [0.15, 0.2) is 0 Å². The third-order valence-electron chi connectivity index (χ3n) is 5.85. The van der Waals surface area contributed by atoms with Gasteiger partial charge in [0.25, 0.3) is 0 Å². The first-order valence-electron chi connectivity index (χ1n) is 7.19. The van der Waals surface area contributed by atoms with Crippen LogP contribution in [-0.4, -0.2) is 5.78 Å². The molecule has 0 unspecified atom stereocenters. The van der Waals surface area contributed by atoms with Crippen molar-refractivity contribution in [1.29, 1.82) is 0 Å². The summed E-state index contributed by atoms with van der Waals surface area (Å²) in [6.45, 7) is 2.40. The van der Waals surface area contributed by atoms with E-state index in [-0.39, 0.29) is 0 Å². The van der Waals surface area contributed by atoms with Gasteiger partial charge in [-0.1, -0.05) is 26.2 Å². The molecule has 16 heavy (non-hydrogen) atoms. The van der Waals surface area contributed by atoms with Gasteiger partial charge >= 0.3 is 0 Å². The maximum absolute atomic E-state index is 12.4. The van der Waals surface area contributed by atoms with Crippen LogP contribution < -0.4 is 0 Å². The second-order valence-corrected chi connectivity index (χ2v) is 6.83. The van der Waals surface area contributed by atoms with E-state index in [4.69, 9.17) is 0 Å². The van der Waals surface area contributed by atoms with Gasteiger partial charge in [-0.15, -0.1) is 0 Å². The average molecular weight is 220 g/mol. The quantitative estimate of drug-likeness (QED) is 0.600. The highest BCUT2D eigenvalue weighted by atomic mass is 16.1. The molecule has 3 aliphatic carbocycles. The Hall–Kier alpha value is -0.330. The van der Waals surface area contributed by atoms with Crippen molar-refractivity contribution in [3.8, 4) is 0 Å². The van der Waals surface area contributed by atoms with Crippen LogP contribution in [0, 0.1) is 16.7 Å². The van der Waals surface area contributed by atoms with Gasteiger partial charge in [-0.3, -0.25) is 4.79 Å². The highest BCUT2D eigenvalue weighted by molar-refractivity contribution is 5.84. The molecule has 0 heterocycles. The van der Waals surface area contributed by atoms with E-state index in [1.54, 1.807) is 0 Å². The molecular formula is C15H24O. The molecular weight excluding hydrogens is 196 g/mol. The van der Waals surface area contributed by atoms with Crippen LogP contribution in [0.5, 0.6) is 0 Å². The van der Waals surface area contributed by atoms with Crippen molar-refractivity contribution >= 4 is 5.78 Å². The zero-order chi connectivity index (χ0) is 11.2. The molecule has 3 rings (SSSR count). The van der Waals surface area contributed by atoms with Crippen LogP contribution in [0.25, 0.3) is 0 Å². The van der Waals surface area contributed by atoms with E-state index in [2.05, 4.69) is 6.92 Å². The Morgan fingerprint density at radius 3 is 2.44 bits per heavy atom. The summed E-state index contributed by atoms with van der Waals surface area (Å²) in [5.41, 5.74) is 0.831. The highest BCUT2D eigenvalue weighted by Gasteiger charge is 2.57. The fourth-order valence-corrected chi connectivity index (χ4v) is 5.17. The first kappa shape index (κ1) is 10.8. The summed E-state index contributed by atoms with van der Waals surface area (Å²) in [7, 11) is 0. The van der Waals surface area contributed by atoms with Crippen LogP contribution in [-0.2, 0) is 4.79 Å². The predicted octanol–water partition coefficient (Wildman–Crippen LogP) is 4.11. The van der Waals surface area contributed by atoms with Gasteiger partial charge in [0.2, 0.25) is 0 Å². The van der Waals surface area contributed by atoms with Gasteiger partial charge in [0.1, 0.15) is 5.78 Å². The number of rotatable bonds is 0. The summed E-state index contributed by atoms with van der Waals surface area (Å²) in [5, 5.41) is 0. The molecule has 0 aromatic rings. The summed E-state index contributed by atoms with van der Waals surface area (Å²) < 4.78 is 0. The molecule has 0 aliphatic heterocycles. The predicted molar refractivity (Wildman–Crippen MR) is 65.2 cm³/mol. The van der Waals surface area contributed by atoms with E-state index in [9.17, 15) is 4.79 Å². The molecule has 90 valence electrons. The van der Waals surface area contributed by atoms with Crippen molar-refractivity contribution in [1.82, 2.24) is 0 Å². The third kappa shape index (κ3) is 1.39. The topological polar surface area (TPSA) is 17.1 Å². The smallest absolute Gasteiger partial charge is 0.137 e. The monoisotopic (exact) mass is 220 g/mol. The lowest BCUT2D eigenvalue weighted by Gasteiger charge is -2.45. The summed E-state index contributed by atoms with van der Waals surface area (Å²) >= 11 is 0. The lowest BCUT2D eigenvalue weighted by atomic mass is 9.58. The maximum Gasteiger partial charge on any atom is 0.137 e. The lowest BCUT2D eigenvalue weighted by Crippen LogP contribution is -2.43. The molecule has 0 aromatic heterocycles. The minimum atomic E-state index is 0.382. The molecule has 3 aliphatic rings. The number of hydrogen-bond acceptors (Lipinski definition) is 1. The van der Waals surface area contributed by atoms with E-state index in [0.717, 1.165) is 12.8 Å². The molecule has 2 atom stereocenters. The fraction of sp³-hybridized carbons (Fsp3) is 0.933. The molecule has 0 saturated heterocycles. The Kier molecular flexibility index (Phi) is 2.42. The van der Waals surface area contributed by atoms with Gasteiger partial charge < -0.3 is 0 Å². The number of hydrogen-bond donors (Lipinski definition) is 0. The van der Waals surface area contributed by atoms with Crippen molar-refractivity contribution < 1.29 is 4.79 Å². The maximum atomic E-state index is 12.4. The van der Waals surface area contributed by atoms with Gasteiger partial charge in [-0.25, -0.2) is 0 Å². The molecule has 0 N–H and O–H groups in total. The van der Waals surface area contributed by atoms with E-state index in [1.165, 1.54) is 51.4 Å². The standard InChI is InChI=1S/C15H24O/c1-14-7-5-6-12(16)13(14)15(11-10-14)8-3-2-4-9-15/h13H,2-11H2,1H3/t13-,14-/m0/s1. The van der Waals surface area contributed by atoms with Crippen molar-refractivity contribution in [3.05, 3.63) is 0 Å². The molecule has 0 aromatic carbocycles. The highest BCUT2D eigenvalue weighted by Crippen LogP contribution is 2.63. The number of ketones is 1. The summed E-state index contributed by atoms with van der Waals surface area (Å²) in [6, 6.07) is 0. The molecule has 3 saturated carbocycles. The molecule has 1 spiro atoms. The second kappa shape index (κ2) is 3.58. The minimum Gasteiger partial charge on any atom is -0.299 e. The Morgan fingerprint density at radius 1 is 0.938 bits per heavy atom. The number of Topliss-reactive ketones (excluding diaryl/α,β-unsaturated/α-hetero) is 1. The lowest BCUT2D eigenvalue weighted by molar-refractivity contribution is -0.134. The first-order valence-corrected chi connectivity index (χ1v) is 7.19. The largest absolute Gasteiger partial charge is 0.299 e. The van der Waals surface area contributed by atoms with E-state index >= 15 is 0 Å². The van der Waals surface area contributed by atoms with E-state index in [0.29, 0.717) is 22.5 Å². The SMILES string of the molecule is C[C@@]12CCCC(=O)[C@@H]1C1(CCCCC1)CC2. The number of fused-ring (bicyclic) bond motifs is 2. The second-order valence-electron chi connectivity index (χ2n) is 6.83. The van der Waals surface area contributed by atoms with Crippen LogP contribution in [0.1, 0.15) is 71.1 Å². The van der Waals surface area contributed by atoms with Crippen LogP contribution in [0.3, 0.4) is 0 Å². The zero-order valence-corrected chi connectivity index (χ0v) is 10.6. The first-order chi connectivity index (χ1) is 7.66. The average Bonchev–Trinajstić information content (AvgIpc) is 2.55. The van der Waals surface area contributed by atoms with Gasteiger partial charge in [-0.05, 0) is 49.4 Å². The minimum absolute atomic E-state index is 0.382. The zero-order valence-electron chi connectivity index (χ0n) is 10.6. The van der Waals surface area contributed by atoms with Gasteiger partial charge in [0.15, 0.2) is 0 Å². The van der Waals surface area contributed by atoms with Crippen molar-refractivity contribution in [2.75, 3.05) is 0 Å². The Morgan fingerprint density at radius 2 is 1.69 bits per heavy atom. The summed E-state index contributed by atoms with van der Waals surface area (Å²) in [4.78, 5) is 12.4. The van der Waals surface area contributed by atoms with Gasteiger partial charge in [0.05, 0.1) is 0 Å². The van der Waals surface area contributed by atoms with Crippen molar-refractivity contribution in [2.45, 2.75) is 71.1 Å². The molecule has 0 radical (unpaired) electrons. The van der Waals surface area contributed by atoms with Crippen molar-refractivity contribution in [2.24, 2.45) is 16.7 Å². The molecule has 0 amide bonds. The molecule has 3 fully saturated rings. The van der Waals surface area contributed by atoms with E-state index < -0.39 is 0 Å². The van der Waals surface area contributed by atoms with Gasteiger partial charge in [0, 0.05) is 12.3 Å². The van der Waals surface area contributed by atoms with Crippen LogP contribution >= 0.6 is 0 Å². The Labute approximate surface area is 99.0 Å². The summed E-state index contributed by atoms with van der Waals surface area (Å²) in [6.07, 6.45) is 12.9. The number of carbonyl (C=O) groups is 1. The molecule has 1 heteroatoms. The molecule has 1 nitrogen and oxygen atoms in total. The van der Waals surface area contributed by atoms with E-state index in [1.807, 2.05) is 0 Å². The van der Waals surface area contributed by atoms with Crippen molar-refractivity contribution in [3.63, 3.8) is 0 Å². The van der Waals surface area contributed by atoms with Crippen LogP contribution in [0.4, 0.5) is 0 Å². The Balaban J connectivity index is 1.93. The number of carbonyl (C=O) groups excluding carboxylic acids is 1. The normalized spacial score (nSPS) is 42.3. The molecule has 0 bridgehead atoms. The third-order valence-corrected chi connectivity index (χ3v) is 5.85. The summed E-state index contributed by atoms with van der Waals surface area (Å²) in [5.74, 6) is 1.06. The van der Waals surface area contributed by atoms with Crippen LogP contribution in [0.2, 0.25) is 0 Å². The fourth-order valence-electron chi connectivity index (χ4n) is 5.17.